The lowest BCUT2D eigenvalue weighted by molar-refractivity contribution is -0.146. The van der Waals surface area contributed by atoms with Crippen molar-refractivity contribution in [2.75, 3.05) is 7.11 Å². The lowest BCUT2D eigenvalue weighted by atomic mass is 10.1. The molecule has 0 saturated carbocycles. The molecule has 0 aliphatic carbocycles. The minimum absolute atomic E-state index is 0.368. The predicted octanol–water partition coefficient (Wildman–Crippen LogP) is 0.0911. The third kappa shape index (κ3) is 2.55. The summed E-state index contributed by atoms with van der Waals surface area (Å²) in [5, 5.41) is 8.68. The van der Waals surface area contributed by atoms with Crippen molar-refractivity contribution in [3.8, 4) is 0 Å². The smallest absolute Gasteiger partial charge is 0.330 e. The number of nitrogens with one attached hydrogen (secondary N) is 2. The Morgan fingerprint density at radius 3 is 2.67 bits per heavy atom. The molecule has 0 aliphatic heterocycles. The van der Waals surface area contributed by atoms with E-state index in [4.69, 9.17) is 0 Å². The number of hydrogen-bond acceptors (Lipinski definition) is 4. The molecule has 1 aromatic heterocycles. The largest absolute Gasteiger partial charge is 0.467 e. The first-order valence-corrected chi connectivity index (χ1v) is 4.37. The van der Waals surface area contributed by atoms with E-state index in [0.29, 0.717) is 5.56 Å². The first kappa shape index (κ1) is 11.2. The fourth-order valence-corrected chi connectivity index (χ4v) is 1.04. The third-order valence-electron chi connectivity index (χ3n) is 1.88. The van der Waals surface area contributed by atoms with Crippen molar-refractivity contribution in [3.63, 3.8) is 0 Å². The fourth-order valence-electron chi connectivity index (χ4n) is 1.04. The van der Waals surface area contributed by atoms with E-state index in [9.17, 15) is 9.59 Å². The van der Waals surface area contributed by atoms with Crippen molar-refractivity contribution in [2.24, 2.45) is 0 Å². The van der Waals surface area contributed by atoms with Crippen molar-refractivity contribution in [3.05, 3.63) is 18.0 Å². The standard InChI is InChI=1S/C9H13N3O3/c1-9(2,8(14)15-3)12-7(13)6-4-10-11-5-6/h4-5H,1-3H3,(H,10,11)(H,12,13). The van der Waals surface area contributed by atoms with Gasteiger partial charge in [-0.25, -0.2) is 4.79 Å². The minimum atomic E-state index is -1.05. The van der Waals surface area contributed by atoms with Crippen molar-refractivity contribution >= 4 is 11.9 Å². The van der Waals surface area contributed by atoms with Crippen molar-refractivity contribution in [1.29, 1.82) is 0 Å². The number of nitrogens with zero attached hydrogens (tertiary/aromatic N) is 1. The Bertz CT molecular complexity index is 357. The van der Waals surface area contributed by atoms with Crippen LogP contribution in [0.1, 0.15) is 24.2 Å². The Balaban J connectivity index is 2.70. The molecule has 0 saturated heterocycles. The second kappa shape index (κ2) is 4.12. The number of amides is 1. The van der Waals surface area contributed by atoms with Gasteiger partial charge in [-0.2, -0.15) is 5.10 Å². The molecule has 1 heterocycles. The first-order valence-electron chi connectivity index (χ1n) is 4.37. The lowest BCUT2D eigenvalue weighted by Crippen LogP contribution is -2.50. The van der Waals surface area contributed by atoms with E-state index in [-0.39, 0.29) is 5.91 Å². The Morgan fingerprint density at radius 1 is 1.53 bits per heavy atom. The van der Waals surface area contributed by atoms with Crippen LogP contribution in [-0.4, -0.2) is 34.7 Å². The Hall–Kier alpha value is -1.85. The number of hydrogen-bond donors (Lipinski definition) is 2. The molecule has 0 bridgehead atoms. The molecule has 6 heteroatoms. The Kier molecular flexibility index (Phi) is 3.08. The van der Waals surface area contributed by atoms with Crippen LogP contribution in [0.4, 0.5) is 0 Å². The number of rotatable bonds is 3. The highest BCUT2D eigenvalue weighted by Gasteiger charge is 2.30. The zero-order valence-corrected chi connectivity index (χ0v) is 8.83. The van der Waals surface area contributed by atoms with Gasteiger partial charge in [0.1, 0.15) is 5.54 Å². The molecule has 15 heavy (non-hydrogen) atoms. The molecule has 0 fully saturated rings. The normalized spacial score (nSPS) is 10.9. The summed E-state index contributed by atoms with van der Waals surface area (Å²) in [5.41, 5.74) is -0.685. The van der Waals surface area contributed by atoms with Gasteiger partial charge in [-0.1, -0.05) is 0 Å². The quantitative estimate of drug-likeness (QED) is 0.694. The number of aromatic nitrogens is 2. The van der Waals surface area contributed by atoms with Crippen LogP contribution < -0.4 is 5.32 Å². The molecule has 6 nitrogen and oxygen atoms in total. The molecule has 1 aromatic rings. The van der Waals surface area contributed by atoms with Gasteiger partial charge in [0.25, 0.3) is 5.91 Å². The third-order valence-corrected chi connectivity index (χ3v) is 1.88. The van der Waals surface area contributed by atoms with Gasteiger partial charge in [0.15, 0.2) is 0 Å². The van der Waals surface area contributed by atoms with Gasteiger partial charge in [0, 0.05) is 6.20 Å². The monoisotopic (exact) mass is 211 g/mol. The van der Waals surface area contributed by atoms with Crippen LogP contribution in [0.25, 0.3) is 0 Å². The molecule has 82 valence electrons. The Labute approximate surface area is 87.0 Å². The molecular weight excluding hydrogens is 198 g/mol. The van der Waals surface area contributed by atoms with Gasteiger partial charge in [-0.15, -0.1) is 0 Å². The summed E-state index contributed by atoms with van der Waals surface area (Å²) in [6.07, 6.45) is 2.82. The van der Waals surface area contributed by atoms with E-state index in [1.165, 1.54) is 19.5 Å². The zero-order valence-electron chi connectivity index (χ0n) is 8.83. The molecule has 0 aliphatic rings. The number of carbonyl (C=O) groups excluding carboxylic acids is 2. The van der Waals surface area contributed by atoms with Crippen LogP contribution in [0.15, 0.2) is 12.4 Å². The van der Waals surface area contributed by atoms with E-state index >= 15 is 0 Å². The molecule has 0 radical (unpaired) electrons. The second-order valence-corrected chi connectivity index (χ2v) is 3.56. The second-order valence-electron chi connectivity index (χ2n) is 3.56. The van der Waals surface area contributed by atoms with E-state index in [2.05, 4.69) is 20.3 Å². The number of ether oxygens (including phenoxy) is 1. The fraction of sp³-hybridized carbons (Fsp3) is 0.444. The first-order chi connectivity index (χ1) is 6.97. The van der Waals surface area contributed by atoms with Crippen LogP contribution in [0.3, 0.4) is 0 Å². The van der Waals surface area contributed by atoms with Crippen LogP contribution in [-0.2, 0) is 9.53 Å². The summed E-state index contributed by atoms with van der Waals surface area (Å²) in [4.78, 5) is 22.8. The van der Waals surface area contributed by atoms with Gasteiger partial charge >= 0.3 is 5.97 Å². The summed E-state index contributed by atoms with van der Waals surface area (Å²) in [6, 6.07) is 0. The van der Waals surface area contributed by atoms with Gasteiger partial charge in [0.05, 0.1) is 18.9 Å². The van der Waals surface area contributed by atoms with E-state index < -0.39 is 11.5 Å². The topological polar surface area (TPSA) is 84.1 Å². The van der Waals surface area contributed by atoms with Crippen LogP contribution in [0.2, 0.25) is 0 Å². The number of carbonyl (C=O) groups is 2. The maximum absolute atomic E-state index is 11.6. The maximum atomic E-state index is 11.6. The molecule has 1 amide bonds. The lowest BCUT2D eigenvalue weighted by Gasteiger charge is -2.22. The molecule has 2 N–H and O–H groups in total. The minimum Gasteiger partial charge on any atom is -0.467 e. The van der Waals surface area contributed by atoms with E-state index in [1.54, 1.807) is 13.8 Å². The van der Waals surface area contributed by atoms with Gasteiger partial charge in [-0.05, 0) is 13.8 Å². The molecule has 1 rings (SSSR count). The number of H-pyrrole nitrogens is 1. The molecule has 0 atom stereocenters. The average molecular weight is 211 g/mol. The van der Waals surface area contributed by atoms with E-state index in [0.717, 1.165) is 0 Å². The maximum Gasteiger partial charge on any atom is 0.330 e. The van der Waals surface area contributed by atoms with Crippen molar-refractivity contribution < 1.29 is 14.3 Å². The highest BCUT2D eigenvalue weighted by atomic mass is 16.5. The van der Waals surface area contributed by atoms with Crippen molar-refractivity contribution in [1.82, 2.24) is 15.5 Å². The zero-order chi connectivity index (χ0) is 11.5. The Morgan fingerprint density at radius 2 is 2.20 bits per heavy atom. The van der Waals surface area contributed by atoms with E-state index in [1.807, 2.05) is 0 Å². The van der Waals surface area contributed by atoms with Crippen LogP contribution >= 0.6 is 0 Å². The molecule has 0 aromatic carbocycles. The van der Waals surface area contributed by atoms with Gasteiger partial charge < -0.3 is 10.1 Å². The predicted molar refractivity (Wildman–Crippen MR) is 52.1 cm³/mol. The molecular formula is C9H13N3O3. The summed E-state index contributed by atoms with van der Waals surface area (Å²) in [5.74, 6) is -0.876. The number of aromatic amines is 1. The highest BCUT2D eigenvalue weighted by molar-refractivity contribution is 5.97. The van der Waals surface area contributed by atoms with Crippen molar-refractivity contribution in [2.45, 2.75) is 19.4 Å². The summed E-state index contributed by atoms with van der Waals surface area (Å²) in [6.45, 7) is 3.13. The molecule has 0 spiro atoms. The summed E-state index contributed by atoms with van der Waals surface area (Å²) < 4.78 is 4.56. The number of esters is 1. The SMILES string of the molecule is COC(=O)C(C)(C)NC(=O)c1cn[nH]c1. The highest BCUT2D eigenvalue weighted by Crippen LogP contribution is 2.06. The van der Waals surface area contributed by atoms with Crippen LogP contribution in [0, 0.1) is 0 Å². The van der Waals surface area contributed by atoms with Gasteiger partial charge in [-0.3, -0.25) is 9.89 Å². The van der Waals surface area contributed by atoms with Gasteiger partial charge in [0.2, 0.25) is 0 Å². The number of methoxy groups -OCH3 is 1. The average Bonchev–Trinajstić information content (AvgIpc) is 2.68. The molecule has 0 unspecified atom stereocenters. The van der Waals surface area contributed by atoms with Crippen LogP contribution in [0.5, 0.6) is 0 Å². The summed E-state index contributed by atoms with van der Waals surface area (Å²) >= 11 is 0. The summed E-state index contributed by atoms with van der Waals surface area (Å²) in [7, 11) is 1.27.